The van der Waals surface area contributed by atoms with Crippen LogP contribution in [0.15, 0.2) is 0 Å². The van der Waals surface area contributed by atoms with Crippen LogP contribution in [0.4, 0.5) is 0 Å². The number of hydrogen-bond acceptors (Lipinski definition) is 2. The molecule has 0 fully saturated rings. The molecule has 0 saturated carbocycles. The van der Waals surface area contributed by atoms with Crippen molar-refractivity contribution in [3.05, 3.63) is 0 Å². The van der Waals surface area contributed by atoms with Gasteiger partial charge in [-0.1, -0.05) is 68.2 Å². The standard InChI is InChI=1S/2C10H22O/c1-8(2)5-6-10(7-11)9(3)4;1-5-9(4)6-10(7-11)8(2)3/h2*8-11H,5-7H2,1-4H3. The number of aliphatic hydroxyl groups is 2. The number of aliphatic hydroxyl groups excluding tert-OH is 2. The van der Waals surface area contributed by atoms with E-state index < -0.39 is 0 Å². The zero-order valence-electron chi connectivity index (χ0n) is 16.6. The number of hydrogen-bond donors (Lipinski definition) is 2. The molecule has 0 aliphatic carbocycles. The first-order valence-corrected chi connectivity index (χ1v) is 9.41. The van der Waals surface area contributed by atoms with Crippen LogP contribution in [0, 0.1) is 35.5 Å². The van der Waals surface area contributed by atoms with Gasteiger partial charge in [0, 0.05) is 13.2 Å². The normalized spacial score (nSPS) is 15.7. The van der Waals surface area contributed by atoms with Crippen LogP contribution in [-0.4, -0.2) is 23.4 Å². The maximum atomic E-state index is 9.04. The second-order valence-electron chi connectivity index (χ2n) is 8.09. The van der Waals surface area contributed by atoms with Gasteiger partial charge in [-0.15, -0.1) is 0 Å². The van der Waals surface area contributed by atoms with Gasteiger partial charge in [0.25, 0.3) is 0 Å². The third-order valence-electron chi connectivity index (χ3n) is 4.87. The zero-order valence-corrected chi connectivity index (χ0v) is 16.6. The summed E-state index contributed by atoms with van der Waals surface area (Å²) in [7, 11) is 0. The van der Waals surface area contributed by atoms with Gasteiger partial charge in [-0.05, 0) is 48.3 Å². The van der Waals surface area contributed by atoms with E-state index in [0.717, 1.165) is 11.8 Å². The fourth-order valence-electron chi connectivity index (χ4n) is 2.42. The molecule has 2 heteroatoms. The third kappa shape index (κ3) is 13.6. The first-order chi connectivity index (χ1) is 10.2. The Kier molecular flexibility index (Phi) is 15.9. The second kappa shape index (κ2) is 14.5. The van der Waals surface area contributed by atoms with Crippen molar-refractivity contribution in [2.24, 2.45) is 35.5 Å². The molecule has 0 aromatic heterocycles. The van der Waals surface area contributed by atoms with E-state index in [9.17, 15) is 0 Å². The molecule has 136 valence electrons. The lowest BCUT2D eigenvalue weighted by Crippen LogP contribution is -2.16. The van der Waals surface area contributed by atoms with Crippen LogP contribution in [0.1, 0.15) is 81.1 Å². The molecule has 2 N–H and O–H groups in total. The smallest absolute Gasteiger partial charge is 0.0461 e. The largest absolute Gasteiger partial charge is 0.396 e. The molecule has 0 rings (SSSR count). The van der Waals surface area contributed by atoms with Crippen molar-refractivity contribution in [3.8, 4) is 0 Å². The average Bonchev–Trinajstić information content (AvgIpc) is 2.44. The molecule has 0 spiro atoms. The first kappa shape index (κ1) is 24.2. The highest BCUT2D eigenvalue weighted by atomic mass is 16.3. The monoisotopic (exact) mass is 316 g/mol. The van der Waals surface area contributed by atoms with Gasteiger partial charge < -0.3 is 10.2 Å². The summed E-state index contributed by atoms with van der Waals surface area (Å²) in [5, 5.41) is 18.1. The van der Waals surface area contributed by atoms with Crippen LogP contribution in [0.3, 0.4) is 0 Å². The van der Waals surface area contributed by atoms with Crippen molar-refractivity contribution in [2.75, 3.05) is 13.2 Å². The molecular weight excluding hydrogens is 272 g/mol. The van der Waals surface area contributed by atoms with Crippen molar-refractivity contribution >= 4 is 0 Å². The molecular formula is C20H44O2. The molecule has 0 bridgehead atoms. The average molecular weight is 317 g/mol. The van der Waals surface area contributed by atoms with Gasteiger partial charge in [0.2, 0.25) is 0 Å². The van der Waals surface area contributed by atoms with E-state index in [2.05, 4.69) is 55.4 Å². The van der Waals surface area contributed by atoms with E-state index in [0.29, 0.717) is 36.9 Å². The second-order valence-corrected chi connectivity index (χ2v) is 8.09. The highest BCUT2D eigenvalue weighted by molar-refractivity contribution is 4.65. The minimum atomic E-state index is 0.349. The van der Waals surface area contributed by atoms with E-state index in [1.807, 2.05) is 0 Å². The van der Waals surface area contributed by atoms with E-state index in [4.69, 9.17) is 10.2 Å². The van der Waals surface area contributed by atoms with Crippen molar-refractivity contribution in [1.82, 2.24) is 0 Å². The summed E-state index contributed by atoms with van der Waals surface area (Å²) in [6.45, 7) is 18.4. The highest BCUT2D eigenvalue weighted by Crippen LogP contribution is 2.21. The Morgan fingerprint density at radius 3 is 1.41 bits per heavy atom. The molecule has 0 radical (unpaired) electrons. The van der Waals surface area contributed by atoms with E-state index in [-0.39, 0.29) is 0 Å². The van der Waals surface area contributed by atoms with Gasteiger partial charge in [-0.25, -0.2) is 0 Å². The predicted molar refractivity (Wildman–Crippen MR) is 99.0 cm³/mol. The fourth-order valence-corrected chi connectivity index (χ4v) is 2.42. The minimum Gasteiger partial charge on any atom is -0.396 e. The molecule has 2 nitrogen and oxygen atoms in total. The topological polar surface area (TPSA) is 40.5 Å². The highest BCUT2D eigenvalue weighted by Gasteiger charge is 2.14. The van der Waals surface area contributed by atoms with Crippen LogP contribution in [0.2, 0.25) is 0 Å². The summed E-state index contributed by atoms with van der Waals surface area (Å²) in [4.78, 5) is 0. The molecule has 3 unspecified atom stereocenters. The lowest BCUT2D eigenvalue weighted by molar-refractivity contribution is 0.164. The Hall–Kier alpha value is -0.0800. The van der Waals surface area contributed by atoms with Gasteiger partial charge in [0.05, 0.1) is 0 Å². The molecule has 0 amide bonds. The summed E-state index contributed by atoms with van der Waals surface area (Å²) >= 11 is 0. The van der Waals surface area contributed by atoms with Crippen LogP contribution >= 0.6 is 0 Å². The Bertz CT molecular complexity index is 224. The summed E-state index contributed by atoms with van der Waals surface area (Å²) in [5.41, 5.74) is 0. The van der Waals surface area contributed by atoms with Gasteiger partial charge >= 0.3 is 0 Å². The van der Waals surface area contributed by atoms with Crippen LogP contribution in [0.25, 0.3) is 0 Å². The van der Waals surface area contributed by atoms with Crippen molar-refractivity contribution < 1.29 is 10.2 Å². The van der Waals surface area contributed by atoms with Crippen LogP contribution < -0.4 is 0 Å². The Morgan fingerprint density at radius 2 is 1.14 bits per heavy atom. The molecule has 22 heavy (non-hydrogen) atoms. The molecule has 3 atom stereocenters. The number of rotatable bonds is 10. The third-order valence-corrected chi connectivity index (χ3v) is 4.87. The summed E-state index contributed by atoms with van der Waals surface area (Å²) in [6.07, 6.45) is 4.81. The summed E-state index contributed by atoms with van der Waals surface area (Å²) < 4.78 is 0. The lowest BCUT2D eigenvalue weighted by atomic mass is 9.87. The summed E-state index contributed by atoms with van der Waals surface area (Å²) in [6, 6.07) is 0. The van der Waals surface area contributed by atoms with Crippen LogP contribution in [0.5, 0.6) is 0 Å². The van der Waals surface area contributed by atoms with Crippen molar-refractivity contribution in [3.63, 3.8) is 0 Å². The minimum absolute atomic E-state index is 0.349. The summed E-state index contributed by atoms with van der Waals surface area (Å²) in [5.74, 6) is 3.78. The molecule has 0 aliphatic rings. The van der Waals surface area contributed by atoms with Gasteiger partial charge in [-0.2, -0.15) is 0 Å². The van der Waals surface area contributed by atoms with Crippen molar-refractivity contribution in [1.29, 1.82) is 0 Å². The van der Waals surface area contributed by atoms with E-state index >= 15 is 0 Å². The Morgan fingerprint density at radius 1 is 0.682 bits per heavy atom. The fraction of sp³-hybridized carbons (Fsp3) is 1.00. The predicted octanol–water partition coefficient (Wildman–Crippen LogP) is 5.37. The van der Waals surface area contributed by atoms with E-state index in [1.54, 1.807) is 0 Å². The zero-order chi connectivity index (χ0) is 17.7. The van der Waals surface area contributed by atoms with Crippen molar-refractivity contribution in [2.45, 2.75) is 81.1 Å². The Labute approximate surface area is 140 Å². The molecule has 0 heterocycles. The Balaban J connectivity index is 0. The molecule has 0 aliphatic heterocycles. The lowest BCUT2D eigenvalue weighted by Gasteiger charge is -2.21. The SMILES string of the molecule is CC(C)CCC(CO)C(C)C.CCC(C)CC(CO)C(C)C. The van der Waals surface area contributed by atoms with E-state index in [1.165, 1.54) is 25.7 Å². The quantitative estimate of drug-likeness (QED) is 0.568. The van der Waals surface area contributed by atoms with Crippen LogP contribution in [-0.2, 0) is 0 Å². The van der Waals surface area contributed by atoms with Gasteiger partial charge in [0.1, 0.15) is 0 Å². The molecule has 0 aromatic carbocycles. The molecule has 0 aromatic rings. The van der Waals surface area contributed by atoms with Gasteiger partial charge in [-0.3, -0.25) is 0 Å². The molecule has 0 saturated heterocycles. The maximum Gasteiger partial charge on any atom is 0.0461 e. The van der Waals surface area contributed by atoms with Gasteiger partial charge in [0.15, 0.2) is 0 Å². The maximum absolute atomic E-state index is 9.04. The first-order valence-electron chi connectivity index (χ1n) is 9.41.